The average molecular weight is 326 g/mol. The number of hydrogen-bond acceptors (Lipinski definition) is 4. The molecule has 0 saturated heterocycles. The number of sulfonamides is 1. The molecule has 1 atom stereocenters. The van der Waals surface area contributed by atoms with Gasteiger partial charge in [0.2, 0.25) is 10.0 Å². The maximum atomic E-state index is 12.8. The van der Waals surface area contributed by atoms with Crippen LogP contribution in [-0.2, 0) is 19.6 Å². The Kier molecular flexibility index (Phi) is 5.03. The Bertz CT molecular complexity index is 647. The third-order valence-corrected chi connectivity index (χ3v) is 4.11. The van der Waals surface area contributed by atoms with Crippen LogP contribution in [0.5, 0.6) is 0 Å². The van der Waals surface area contributed by atoms with Crippen molar-refractivity contribution in [2.45, 2.75) is 17.4 Å². The molecule has 0 aromatic heterocycles. The molecule has 0 aliphatic heterocycles. The molecule has 0 fully saturated rings. The van der Waals surface area contributed by atoms with E-state index in [4.69, 9.17) is 21.8 Å². The molecule has 0 spiro atoms. The molecule has 0 saturated carbocycles. The zero-order chi connectivity index (χ0) is 15.5. The van der Waals surface area contributed by atoms with Crippen molar-refractivity contribution in [3.63, 3.8) is 0 Å². The van der Waals surface area contributed by atoms with Crippen LogP contribution in [0.4, 0.5) is 4.39 Å². The first kappa shape index (κ1) is 16.3. The SMILES string of the molecule is O=C(O)C[C@H](NS(=O)(=O)c1ccc(F)cc1Cl)C(=O)O. The molecule has 10 heteroatoms. The Morgan fingerprint density at radius 1 is 1.35 bits per heavy atom. The highest BCUT2D eigenvalue weighted by molar-refractivity contribution is 7.89. The number of carboxylic acid groups (broad SMARTS) is 2. The lowest BCUT2D eigenvalue weighted by Crippen LogP contribution is -2.42. The molecule has 0 unspecified atom stereocenters. The quantitative estimate of drug-likeness (QED) is 0.707. The van der Waals surface area contributed by atoms with Crippen LogP contribution in [0, 0.1) is 5.82 Å². The van der Waals surface area contributed by atoms with Crippen LogP contribution in [0.15, 0.2) is 23.1 Å². The molecule has 3 N–H and O–H groups in total. The highest BCUT2D eigenvalue weighted by Crippen LogP contribution is 2.22. The van der Waals surface area contributed by atoms with Crippen molar-refractivity contribution in [2.24, 2.45) is 0 Å². The summed E-state index contributed by atoms with van der Waals surface area (Å²) in [7, 11) is -4.39. The first-order valence-corrected chi connectivity index (χ1v) is 6.91. The van der Waals surface area contributed by atoms with Gasteiger partial charge in [0.15, 0.2) is 0 Å². The summed E-state index contributed by atoms with van der Waals surface area (Å²) in [5.41, 5.74) is 0. The number of hydrogen-bond donors (Lipinski definition) is 3. The van der Waals surface area contributed by atoms with Crippen molar-refractivity contribution >= 4 is 33.6 Å². The summed E-state index contributed by atoms with van der Waals surface area (Å²) in [4.78, 5) is 20.7. The second kappa shape index (κ2) is 6.16. The van der Waals surface area contributed by atoms with E-state index in [-0.39, 0.29) is 0 Å². The number of carboxylic acids is 2. The van der Waals surface area contributed by atoms with Gasteiger partial charge in [-0.15, -0.1) is 0 Å². The first-order chi connectivity index (χ1) is 9.13. The van der Waals surface area contributed by atoms with E-state index in [0.717, 1.165) is 18.2 Å². The van der Waals surface area contributed by atoms with Crippen LogP contribution in [-0.4, -0.2) is 36.6 Å². The maximum absolute atomic E-state index is 12.8. The summed E-state index contributed by atoms with van der Waals surface area (Å²) in [5, 5.41) is 16.8. The van der Waals surface area contributed by atoms with Gasteiger partial charge in [-0.25, -0.2) is 12.8 Å². The number of benzene rings is 1. The summed E-state index contributed by atoms with van der Waals surface area (Å²) in [6, 6.07) is 0.550. The average Bonchev–Trinajstić information content (AvgIpc) is 2.26. The van der Waals surface area contributed by atoms with Crippen LogP contribution in [0.1, 0.15) is 6.42 Å². The zero-order valence-corrected chi connectivity index (χ0v) is 11.3. The van der Waals surface area contributed by atoms with Gasteiger partial charge in [-0.3, -0.25) is 9.59 Å². The zero-order valence-electron chi connectivity index (χ0n) is 9.71. The lowest BCUT2D eigenvalue weighted by molar-refractivity contribution is -0.145. The normalized spacial score (nSPS) is 12.9. The summed E-state index contributed by atoms with van der Waals surface area (Å²) >= 11 is 5.56. The Labute approximate surface area is 118 Å². The van der Waals surface area contributed by atoms with Crippen molar-refractivity contribution in [1.82, 2.24) is 4.72 Å². The van der Waals surface area contributed by atoms with Crippen molar-refractivity contribution in [2.75, 3.05) is 0 Å². The second-order valence-electron chi connectivity index (χ2n) is 3.68. The minimum atomic E-state index is -4.39. The van der Waals surface area contributed by atoms with E-state index in [9.17, 15) is 22.4 Å². The van der Waals surface area contributed by atoms with Crippen LogP contribution >= 0.6 is 11.6 Å². The molecule has 0 heterocycles. The van der Waals surface area contributed by atoms with Gasteiger partial charge in [-0.05, 0) is 18.2 Å². The van der Waals surface area contributed by atoms with Crippen LogP contribution in [0.3, 0.4) is 0 Å². The molecule has 7 nitrogen and oxygen atoms in total. The monoisotopic (exact) mass is 325 g/mol. The summed E-state index contributed by atoms with van der Waals surface area (Å²) < 4.78 is 38.3. The smallest absolute Gasteiger partial charge is 0.322 e. The number of aliphatic carboxylic acids is 2. The molecule has 20 heavy (non-hydrogen) atoms. The topological polar surface area (TPSA) is 121 Å². The van der Waals surface area contributed by atoms with Crippen molar-refractivity contribution < 1.29 is 32.6 Å². The molecule has 1 rings (SSSR count). The number of halogens is 2. The second-order valence-corrected chi connectivity index (χ2v) is 5.77. The van der Waals surface area contributed by atoms with E-state index in [2.05, 4.69) is 0 Å². The van der Waals surface area contributed by atoms with Crippen molar-refractivity contribution in [3.05, 3.63) is 29.0 Å². The predicted octanol–water partition coefficient (Wildman–Crippen LogP) is 0.685. The Morgan fingerprint density at radius 2 is 1.95 bits per heavy atom. The summed E-state index contributed by atoms with van der Waals surface area (Å²) in [6.07, 6.45) is -0.951. The summed E-state index contributed by atoms with van der Waals surface area (Å²) in [5.74, 6) is -3.92. The van der Waals surface area contributed by atoms with Crippen LogP contribution in [0.2, 0.25) is 5.02 Å². The number of carbonyl (C=O) groups is 2. The molecule has 1 aromatic rings. The molecule has 1 aromatic carbocycles. The first-order valence-electron chi connectivity index (χ1n) is 5.05. The van der Waals surface area contributed by atoms with E-state index in [1.54, 1.807) is 4.72 Å². The van der Waals surface area contributed by atoms with Crippen molar-refractivity contribution in [1.29, 1.82) is 0 Å². The van der Waals surface area contributed by atoms with E-state index < -0.39 is 50.2 Å². The van der Waals surface area contributed by atoms with Gasteiger partial charge in [0.1, 0.15) is 16.8 Å². The van der Waals surface area contributed by atoms with Crippen LogP contribution < -0.4 is 4.72 Å². The van der Waals surface area contributed by atoms with E-state index in [0.29, 0.717) is 0 Å². The maximum Gasteiger partial charge on any atom is 0.322 e. The van der Waals surface area contributed by atoms with Crippen LogP contribution in [0.25, 0.3) is 0 Å². The largest absolute Gasteiger partial charge is 0.481 e. The van der Waals surface area contributed by atoms with Gasteiger partial charge in [-0.2, -0.15) is 4.72 Å². The summed E-state index contributed by atoms with van der Waals surface area (Å²) in [6.45, 7) is 0. The minimum absolute atomic E-state index is 0.447. The van der Waals surface area contributed by atoms with E-state index in [1.165, 1.54) is 0 Å². The lowest BCUT2D eigenvalue weighted by Gasteiger charge is -2.13. The molecular formula is C10H9ClFNO6S. The molecular weight excluding hydrogens is 317 g/mol. The fraction of sp³-hybridized carbons (Fsp3) is 0.200. The molecule has 0 aliphatic rings. The number of nitrogens with one attached hydrogen (secondary N) is 1. The van der Waals surface area contributed by atoms with E-state index >= 15 is 0 Å². The van der Waals surface area contributed by atoms with Gasteiger partial charge in [0.25, 0.3) is 0 Å². The standard InChI is InChI=1S/C10H9ClFNO6S/c11-6-3-5(12)1-2-8(6)20(18,19)13-7(10(16)17)4-9(14)15/h1-3,7,13H,4H2,(H,14,15)(H,16,17)/t7-/m0/s1. The fourth-order valence-corrected chi connectivity index (χ4v) is 3.02. The predicted molar refractivity (Wildman–Crippen MR) is 65.4 cm³/mol. The lowest BCUT2D eigenvalue weighted by atomic mass is 10.2. The third kappa shape index (κ3) is 4.15. The Morgan fingerprint density at radius 3 is 2.40 bits per heavy atom. The highest BCUT2D eigenvalue weighted by atomic mass is 35.5. The highest BCUT2D eigenvalue weighted by Gasteiger charge is 2.28. The Hall–Kier alpha value is -1.71. The minimum Gasteiger partial charge on any atom is -0.481 e. The molecule has 110 valence electrons. The fourth-order valence-electron chi connectivity index (χ4n) is 1.30. The van der Waals surface area contributed by atoms with E-state index in [1.807, 2.05) is 0 Å². The number of rotatable bonds is 6. The molecule has 0 amide bonds. The third-order valence-electron chi connectivity index (χ3n) is 2.16. The van der Waals surface area contributed by atoms with Gasteiger partial charge in [0.05, 0.1) is 11.4 Å². The molecule has 0 aliphatic carbocycles. The Balaban J connectivity index is 3.09. The molecule has 0 radical (unpaired) electrons. The van der Waals surface area contributed by atoms with Gasteiger partial charge in [-0.1, -0.05) is 11.6 Å². The van der Waals surface area contributed by atoms with Gasteiger partial charge < -0.3 is 10.2 Å². The van der Waals surface area contributed by atoms with Crippen molar-refractivity contribution in [3.8, 4) is 0 Å². The molecule has 0 bridgehead atoms. The van der Waals surface area contributed by atoms with Gasteiger partial charge in [0, 0.05) is 0 Å². The van der Waals surface area contributed by atoms with Gasteiger partial charge >= 0.3 is 11.9 Å².